The van der Waals surface area contributed by atoms with Crippen molar-refractivity contribution >= 4 is 26.2 Å². The topological polar surface area (TPSA) is 40.9 Å². The third-order valence-corrected chi connectivity index (χ3v) is 3.45. The third-order valence-electron chi connectivity index (χ3n) is 3.45. The number of nitrogens with one attached hydrogen (secondary N) is 1. The molecule has 0 aromatic heterocycles. The van der Waals surface area contributed by atoms with Crippen molar-refractivity contribution in [3.8, 4) is 0 Å². The largest absolute Gasteiger partial charge is 4.00 e. The van der Waals surface area contributed by atoms with Crippen molar-refractivity contribution in [2.24, 2.45) is 0 Å². The number of aryl methyl sites for hydroxylation is 3. The molecule has 0 unspecified atom stereocenters. The van der Waals surface area contributed by atoms with Crippen LogP contribution in [0.25, 0.3) is 16.5 Å². The van der Waals surface area contributed by atoms with Crippen molar-refractivity contribution in [3.05, 3.63) is 82.6 Å². The van der Waals surface area contributed by atoms with Gasteiger partial charge < -0.3 is 35.3 Å². The van der Waals surface area contributed by atoms with Gasteiger partial charge in [-0.3, -0.25) is 0 Å². The van der Waals surface area contributed by atoms with Gasteiger partial charge in [0.15, 0.2) is 0 Å². The van der Waals surface area contributed by atoms with E-state index in [0.29, 0.717) is 5.56 Å². The average Bonchev–Trinajstić information content (AvgIpc) is 2.95. The normalized spacial score (nSPS) is 8.48. The van der Waals surface area contributed by atoms with Gasteiger partial charge in [-0.1, -0.05) is 36.9 Å². The minimum atomic E-state index is -0.593. The van der Waals surface area contributed by atoms with E-state index in [9.17, 15) is 4.79 Å². The fraction of sp³-hybridized carbons (Fsp3) is 0.238. The molecule has 6 heteroatoms. The number of amides is 1. The summed E-state index contributed by atoms with van der Waals surface area (Å²) in [6, 6.07) is 18.5. The Bertz CT molecular complexity index is 752. The molecule has 2 nitrogen and oxygen atoms in total. The van der Waals surface area contributed by atoms with E-state index in [1.165, 1.54) is 10.8 Å². The summed E-state index contributed by atoms with van der Waals surface area (Å²) in [5.74, 6) is -0.593. The molecule has 3 aromatic rings. The van der Waals surface area contributed by atoms with E-state index in [1.54, 1.807) is 0 Å². The molecule has 0 heterocycles. The summed E-state index contributed by atoms with van der Waals surface area (Å²) in [4.78, 5) is 10.9. The third kappa shape index (κ3) is 10.3. The molecule has 3 aromatic carbocycles. The maximum absolute atomic E-state index is 10.9. The van der Waals surface area contributed by atoms with Crippen molar-refractivity contribution in [1.29, 1.82) is 0 Å². The zero-order chi connectivity index (χ0) is 18.1. The van der Waals surface area contributed by atoms with Gasteiger partial charge in [0.1, 0.15) is 0 Å². The summed E-state index contributed by atoms with van der Waals surface area (Å²) in [5.41, 5.74) is 10.5. The summed E-state index contributed by atoms with van der Waals surface area (Å²) >= 11 is 0. The molecule has 0 saturated heterocycles. The van der Waals surface area contributed by atoms with Crippen molar-refractivity contribution in [3.63, 3.8) is 0 Å². The molecule has 0 bridgehead atoms. The van der Waals surface area contributed by atoms with Crippen LogP contribution >= 0.6 is 0 Å². The van der Waals surface area contributed by atoms with Crippen LogP contribution in [0, 0.1) is 20.8 Å². The number of hydrogen-bond donors (Lipinski definition) is 0. The SMILES string of the molecule is C[Si]C.Cc1cc(C)c(C([NH-])=O)c(C)c1.[Cl-].[Cl-].[Hf+4].c1ccc2[cH-]ccc2c1. The molecule has 0 saturated carbocycles. The molecule has 0 spiro atoms. The fourth-order valence-electron chi connectivity index (χ4n) is 2.61. The molecule has 0 atom stereocenters. The van der Waals surface area contributed by atoms with Crippen LogP contribution in [0.15, 0.2) is 54.6 Å². The predicted octanol–water partition coefficient (Wildman–Crippen LogP) is 0.155. The van der Waals surface area contributed by atoms with Crippen LogP contribution in [0.1, 0.15) is 27.0 Å². The van der Waals surface area contributed by atoms with E-state index in [0.717, 1.165) is 26.2 Å². The Morgan fingerprint density at radius 3 is 1.89 bits per heavy atom. The van der Waals surface area contributed by atoms with E-state index < -0.39 is 5.91 Å². The first-order chi connectivity index (χ1) is 11.4. The summed E-state index contributed by atoms with van der Waals surface area (Å²) in [7, 11) is 1.08. The minimum absolute atomic E-state index is 0. The van der Waals surface area contributed by atoms with E-state index in [1.807, 2.05) is 32.9 Å². The van der Waals surface area contributed by atoms with Gasteiger partial charge in [-0.25, -0.2) is 0 Å². The molecule has 0 aliphatic rings. The summed E-state index contributed by atoms with van der Waals surface area (Å²) < 4.78 is 0. The first kappa shape index (κ1) is 30.9. The van der Waals surface area contributed by atoms with Gasteiger partial charge in [0, 0.05) is 15.1 Å². The maximum Gasteiger partial charge on any atom is 4.00 e. The number of carbonyl (C=O) groups is 1. The maximum atomic E-state index is 10.9. The molecule has 3 rings (SSSR count). The van der Waals surface area contributed by atoms with Gasteiger partial charge in [0.25, 0.3) is 0 Å². The zero-order valence-corrected chi connectivity index (χ0v) is 22.5. The molecular weight excluding hydrogens is 560 g/mol. The molecule has 142 valence electrons. The van der Waals surface area contributed by atoms with Crippen LogP contribution in [0.5, 0.6) is 0 Å². The van der Waals surface area contributed by atoms with Crippen molar-refractivity contribution in [2.75, 3.05) is 0 Å². The van der Waals surface area contributed by atoms with E-state index in [-0.39, 0.29) is 50.7 Å². The van der Waals surface area contributed by atoms with Gasteiger partial charge >= 0.3 is 25.8 Å². The Kier molecular flexibility index (Phi) is 18.5. The van der Waals surface area contributed by atoms with Crippen LogP contribution in [0.2, 0.25) is 13.1 Å². The minimum Gasteiger partial charge on any atom is -1.00 e. The van der Waals surface area contributed by atoms with Gasteiger partial charge in [-0.15, -0.1) is 29.7 Å². The molecule has 0 aliphatic carbocycles. The molecule has 0 aliphatic heterocycles. The van der Waals surface area contributed by atoms with Crippen molar-refractivity contribution in [2.45, 2.75) is 33.9 Å². The number of rotatable bonds is 1. The second-order valence-corrected chi connectivity index (χ2v) is 6.76. The first-order valence-electron chi connectivity index (χ1n) is 7.93. The van der Waals surface area contributed by atoms with E-state index in [4.69, 9.17) is 5.73 Å². The predicted molar refractivity (Wildman–Crippen MR) is 106 cm³/mol. The smallest absolute Gasteiger partial charge is 1.00 e. The zero-order valence-electron chi connectivity index (χ0n) is 16.4. The Labute approximate surface area is 197 Å². The average molecular weight is 585 g/mol. The van der Waals surface area contributed by atoms with Gasteiger partial charge in [-0.05, 0) is 31.9 Å². The molecule has 0 fully saturated rings. The quantitative estimate of drug-likeness (QED) is 0.297. The second-order valence-electron chi connectivity index (χ2n) is 5.76. The number of benzene rings is 2. The van der Waals surface area contributed by atoms with Crippen molar-refractivity contribution in [1.82, 2.24) is 0 Å². The Morgan fingerprint density at radius 1 is 0.963 bits per heavy atom. The summed E-state index contributed by atoms with van der Waals surface area (Å²) in [6.45, 7) is 10.0. The standard InChI is InChI=1S/C10H13NO.C9H7.C2H6Si.2ClH.Hf/c1-6-4-7(2)9(10(11)12)8(3)5-6;1-2-5-9-7-3-6-8(9)4-1;1-3-2;;;/h4-5H,1-3H3,(H2,11,12);1-7H;1-2H3;2*1H;/q;-1;;;;+4/p-3. The van der Waals surface area contributed by atoms with Gasteiger partial charge in [0.05, 0.1) is 5.91 Å². The van der Waals surface area contributed by atoms with E-state index >= 15 is 0 Å². The molecule has 1 N–H and O–H groups in total. The number of halogens is 2. The Hall–Kier alpha value is -0.813. The van der Waals surface area contributed by atoms with Crippen LogP contribution in [0.3, 0.4) is 0 Å². The fourth-order valence-corrected chi connectivity index (χ4v) is 2.61. The van der Waals surface area contributed by atoms with Crippen LogP contribution in [-0.2, 0) is 25.8 Å². The second kappa shape index (κ2) is 16.2. The summed E-state index contributed by atoms with van der Waals surface area (Å²) in [6.07, 6.45) is 0. The molecular formula is C21H25Cl2HfNOSi. The van der Waals surface area contributed by atoms with Crippen molar-refractivity contribution < 1.29 is 55.5 Å². The Morgan fingerprint density at radius 2 is 1.44 bits per heavy atom. The first-order valence-corrected chi connectivity index (χ1v) is 9.93. The van der Waals surface area contributed by atoms with Crippen LogP contribution in [0.4, 0.5) is 0 Å². The Balaban J connectivity index is -0.000000345. The van der Waals surface area contributed by atoms with Crippen LogP contribution < -0.4 is 24.8 Å². The molecule has 1 amide bonds. The summed E-state index contributed by atoms with van der Waals surface area (Å²) in [5, 5.41) is 2.66. The number of fused-ring (bicyclic) bond motifs is 1. The van der Waals surface area contributed by atoms with Gasteiger partial charge in [-0.2, -0.15) is 17.5 Å². The monoisotopic (exact) mass is 585 g/mol. The number of carbonyl (C=O) groups excluding carboxylic acids is 1. The number of hydrogen-bond acceptors (Lipinski definition) is 1. The van der Waals surface area contributed by atoms with Gasteiger partial charge in [0.2, 0.25) is 0 Å². The molecule has 27 heavy (non-hydrogen) atoms. The van der Waals surface area contributed by atoms with E-state index in [2.05, 4.69) is 55.6 Å². The molecule has 2 radical (unpaired) electrons. The van der Waals surface area contributed by atoms with Crippen LogP contribution in [-0.4, -0.2) is 15.4 Å².